The van der Waals surface area contributed by atoms with Crippen molar-refractivity contribution in [3.8, 4) is 0 Å². The molecule has 1 aromatic heterocycles. The summed E-state index contributed by atoms with van der Waals surface area (Å²) in [5.74, 6) is -2.30. The van der Waals surface area contributed by atoms with Gasteiger partial charge in [-0.2, -0.15) is 4.98 Å². The van der Waals surface area contributed by atoms with E-state index in [1.807, 2.05) is 0 Å². The van der Waals surface area contributed by atoms with E-state index in [1.54, 1.807) is 0 Å². The van der Waals surface area contributed by atoms with E-state index in [1.165, 1.54) is 38.6 Å². The highest BCUT2D eigenvalue weighted by Gasteiger charge is 2.44. The van der Waals surface area contributed by atoms with Gasteiger partial charge in [0.15, 0.2) is 12.2 Å². The van der Waals surface area contributed by atoms with Gasteiger partial charge in [0.1, 0.15) is 6.10 Å². The average Bonchev–Trinajstić information content (AvgIpc) is 3.01. The fourth-order valence-electron chi connectivity index (χ4n) is 2.94. The van der Waals surface area contributed by atoms with E-state index >= 15 is 0 Å². The van der Waals surface area contributed by atoms with E-state index in [0.717, 1.165) is 0 Å². The summed E-state index contributed by atoms with van der Waals surface area (Å²) in [7, 11) is 1.23. The number of amides is 1. The Hall–Kier alpha value is -3.28. The second-order valence-corrected chi connectivity index (χ2v) is 6.50. The molecule has 12 heteroatoms. The van der Waals surface area contributed by atoms with Gasteiger partial charge < -0.3 is 23.5 Å². The summed E-state index contributed by atoms with van der Waals surface area (Å²) >= 11 is 0. The number of hydrogen-bond acceptors (Lipinski definition) is 10. The van der Waals surface area contributed by atoms with Crippen LogP contribution in [-0.4, -0.2) is 59.3 Å². The number of nitrogens with zero attached hydrogens (tertiary/aromatic N) is 2. The van der Waals surface area contributed by atoms with Crippen LogP contribution in [0.15, 0.2) is 11.0 Å². The molecule has 3 unspecified atom stereocenters. The number of nitrogens with one attached hydrogen (secondary N) is 1. The maximum absolute atomic E-state index is 12.6. The second kappa shape index (κ2) is 9.96. The first-order valence-electron chi connectivity index (χ1n) is 9.04. The summed E-state index contributed by atoms with van der Waals surface area (Å²) in [6.45, 7) is 3.55. The smallest absolute Gasteiger partial charge is 0.307 e. The molecule has 3 atom stereocenters. The monoisotopic (exact) mass is 425 g/mol. The summed E-state index contributed by atoms with van der Waals surface area (Å²) in [6, 6.07) is 0. The molecule has 1 saturated heterocycles. The minimum Gasteiger partial charge on any atom is -0.469 e. The molecule has 1 aromatic rings. The predicted octanol–water partition coefficient (Wildman–Crippen LogP) is -0.300. The molecule has 1 amide bonds. The Morgan fingerprint density at radius 2 is 1.87 bits per heavy atom. The fraction of sp³-hybridized carbons (Fsp3) is 0.556. The molecule has 164 valence electrons. The molecule has 30 heavy (non-hydrogen) atoms. The van der Waals surface area contributed by atoms with Gasteiger partial charge in [0.05, 0.1) is 25.7 Å². The van der Waals surface area contributed by atoms with Crippen LogP contribution in [0.1, 0.15) is 38.9 Å². The Morgan fingerprint density at radius 1 is 1.20 bits per heavy atom. The van der Waals surface area contributed by atoms with Crippen molar-refractivity contribution >= 4 is 29.8 Å². The normalized spacial score (nSPS) is 20.3. The predicted molar refractivity (Wildman–Crippen MR) is 99.2 cm³/mol. The van der Waals surface area contributed by atoms with Gasteiger partial charge in [0, 0.05) is 33.5 Å². The fourth-order valence-corrected chi connectivity index (χ4v) is 2.94. The van der Waals surface area contributed by atoms with Crippen LogP contribution >= 0.6 is 0 Å². The summed E-state index contributed by atoms with van der Waals surface area (Å²) < 4.78 is 21.9. The number of rotatable bonds is 7. The van der Waals surface area contributed by atoms with Crippen LogP contribution in [0.2, 0.25) is 0 Å². The zero-order valence-electron chi connectivity index (χ0n) is 17.0. The van der Waals surface area contributed by atoms with Crippen molar-refractivity contribution in [1.29, 1.82) is 0 Å². The van der Waals surface area contributed by atoms with E-state index in [9.17, 15) is 24.0 Å². The summed E-state index contributed by atoms with van der Waals surface area (Å²) in [4.78, 5) is 62.3. The highest BCUT2D eigenvalue weighted by Crippen LogP contribution is 2.32. The number of hydrogen-bond donors (Lipinski definition) is 1. The minimum absolute atomic E-state index is 0.00914. The SMILES string of the molecule is COC(=O)CCn1cc(C2OCC(OC(C)=O)C2OC(C)=O)c(=O)nc1NC(C)=O. The van der Waals surface area contributed by atoms with Crippen molar-refractivity contribution in [3.63, 3.8) is 0 Å². The molecule has 0 radical (unpaired) electrons. The van der Waals surface area contributed by atoms with Gasteiger partial charge in [0.2, 0.25) is 11.9 Å². The van der Waals surface area contributed by atoms with Crippen molar-refractivity contribution < 1.29 is 38.1 Å². The third-order valence-electron chi connectivity index (χ3n) is 4.12. The molecule has 1 aliphatic rings. The lowest BCUT2D eigenvalue weighted by atomic mass is 10.1. The molecule has 1 fully saturated rings. The number of carbonyl (C=O) groups is 4. The number of anilines is 1. The third kappa shape index (κ3) is 5.86. The number of aryl methyl sites for hydroxylation is 1. The summed E-state index contributed by atoms with van der Waals surface area (Å²) in [6.07, 6.45) is -1.74. The second-order valence-electron chi connectivity index (χ2n) is 6.50. The molecule has 2 heterocycles. The van der Waals surface area contributed by atoms with E-state index < -0.39 is 47.7 Å². The van der Waals surface area contributed by atoms with Gasteiger partial charge in [0.25, 0.3) is 5.56 Å². The van der Waals surface area contributed by atoms with Crippen LogP contribution in [0.5, 0.6) is 0 Å². The van der Waals surface area contributed by atoms with Crippen LogP contribution in [0.3, 0.4) is 0 Å². The Kier molecular flexibility index (Phi) is 7.64. The molecule has 0 bridgehead atoms. The molecule has 1 N–H and O–H groups in total. The molecular formula is C18H23N3O9. The van der Waals surface area contributed by atoms with E-state index in [0.29, 0.717) is 0 Å². The molecule has 0 spiro atoms. The maximum atomic E-state index is 12.6. The molecule has 0 saturated carbocycles. The molecule has 2 rings (SSSR count). The first-order chi connectivity index (χ1) is 14.1. The maximum Gasteiger partial charge on any atom is 0.307 e. The topological polar surface area (TPSA) is 152 Å². The summed E-state index contributed by atoms with van der Waals surface area (Å²) in [5.41, 5.74) is -0.728. The molecule has 12 nitrogen and oxygen atoms in total. The van der Waals surface area contributed by atoms with Crippen molar-refractivity contribution in [3.05, 3.63) is 22.1 Å². The number of aromatic nitrogens is 2. The van der Waals surface area contributed by atoms with E-state index in [-0.39, 0.29) is 31.1 Å². The lowest BCUT2D eigenvalue weighted by Crippen LogP contribution is -2.36. The van der Waals surface area contributed by atoms with Gasteiger partial charge >= 0.3 is 17.9 Å². The Bertz CT molecular complexity index is 895. The number of methoxy groups -OCH3 is 1. The number of carbonyl (C=O) groups excluding carboxylic acids is 4. The van der Waals surface area contributed by atoms with Crippen LogP contribution in [0.25, 0.3) is 0 Å². The highest BCUT2D eigenvalue weighted by atomic mass is 16.6. The highest BCUT2D eigenvalue weighted by molar-refractivity contribution is 5.86. The molecule has 0 aliphatic carbocycles. The number of ether oxygens (including phenoxy) is 4. The Morgan fingerprint density at radius 3 is 2.43 bits per heavy atom. The van der Waals surface area contributed by atoms with Gasteiger partial charge in [-0.25, -0.2) is 0 Å². The average molecular weight is 425 g/mol. The lowest BCUT2D eigenvalue weighted by molar-refractivity contribution is -0.163. The Balaban J connectivity index is 2.43. The first-order valence-corrected chi connectivity index (χ1v) is 9.04. The van der Waals surface area contributed by atoms with Gasteiger partial charge in [-0.05, 0) is 0 Å². The largest absolute Gasteiger partial charge is 0.469 e. The van der Waals surface area contributed by atoms with Gasteiger partial charge in [-0.3, -0.25) is 29.3 Å². The zero-order chi connectivity index (χ0) is 22.4. The summed E-state index contributed by atoms with van der Waals surface area (Å²) in [5, 5.41) is 2.42. The van der Waals surface area contributed by atoms with Crippen LogP contribution < -0.4 is 10.9 Å². The van der Waals surface area contributed by atoms with E-state index in [4.69, 9.17) is 14.2 Å². The quantitative estimate of drug-likeness (QED) is 0.455. The van der Waals surface area contributed by atoms with Crippen molar-refractivity contribution in [2.75, 3.05) is 19.0 Å². The first kappa shape index (κ1) is 23.0. The Labute approximate surface area is 171 Å². The molecule has 0 aromatic carbocycles. The number of esters is 3. The van der Waals surface area contributed by atoms with Crippen LogP contribution in [-0.2, 0) is 44.7 Å². The van der Waals surface area contributed by atoms with Gasteiger partial charge in [-0.1, -0.05) is 0 Å². The van der Waals surface area contributed by atoms with Crippen LogP contribution in [0, 0.1) is 0 Å². The van der Waals surface area contributed by atoms with Gasteiger partial charge in [-0.15, -0.1) is 0 Å². The molecule has 1 aliphatic heterocycles. The molecular weight excluding hydrogens is 402 g/mol. The minimum atomic E-state index is -1.07. The lowest BCUT2D eigenvalue weighted by Gasteiger charge is -2.23. The zero-order valence-corrected chi connectivity index (χ0v) is 17.0. The standard InChI is InChI=1S/C18H23N3O9/c1-9(22)19-18-20-17(26)12(7-21(18)6-5-14(25)27-4)15-16(30-11(3)24)13(8-28-15)29-10(2)23/h7,13,15-16H,5-6,8H2,1-4H3,(H,19,20,22,26). The van der Waals surface area contributed by atoms with Crippen molar-refractivity contribution in [1.82, 2.24) is 9.55 Å². The van der Waals surface area contributed by atoms with Crippen molar-refractivity contribution in [2.45, 2.75) is 52.0 Å². The third-order valence-corrected chi connectivity index (χ3v) is 4.12. The van der Waals surface area contributed by atoms with Crippen LogP contribution in [0.4, 0.5) is 5.95 Å². The van der Waals surface area contributed by atoms with E-state index in [2.05, 4.69) is 15.0 Å². The van der Waals surface area contributed by atoms with Crippen molar-refractivity contribution in [2.24, 2.45) is 0 Å².